The molecule has 2 aromatic rings. The Balaban J connectivity index is 2.04. The molecule has 7 heteroatoms. The number of fused-ring (bicyclic) bond motifs is 1. The van der Waals surface area contributed by atoms with Gasteiger partial charge in [0.1, 0.15) is 11.5 Å². The van der Waals surface area contributed by atoms with Crippen molar-refractivity contribution < 1.29 is 22.6 Å². The van der Waals surface area contributed by atoms with Gasteiger partial charge in [0.05, 0.1) is 18.2 Å². The molecule has 0 saturated carbocycles. The zero-order valence-electron chi connectivity index (χ0n) is 12.3. The standard InChI is InChI=1S/C17H11BrF3NO2/c18-8-11-7-14(16-13(5-6-23-16)15(11)9-22)10-1-3-12(4-2-10)24-17(19,20)21/h1-4,7H,5-6,8H2. The van der Waals surface area contributed by atoms with Crippen LogP contribution in [0.1, 0.15) is 16.7 Å². The highest BCUT2D eigenvalue weighted by Gasteiger charge is 2.31. The van der Waals surface area contributed by atoms with Crippen LogP contribution in [0.5, 0.6) is 11.5 Å². The molecule has 0 N–H and O–H groups in total. The summed E-state index contributed by atoms with van der Waals surface area (Å²) in [5.74, 6) is 0.346. The third-order valence-electron chi connectivity index (χ3n) is 3.71. The second-order valence-electron chi connectivity index (χ2n) is 5.18. The summed E-state index contributed by atoms with van der Waals surface area (Å²) in [7, 11) is 0. The maximum atomic E-state index is 12.2. The molecule has 124 valence electrons. The molecule has 0 radical (unpaired) electrons. The van der Waals surface area contributed by atoms with Gasteiger partial charge in [0, 0.05) is 22.9 Å². The summed E-state index contributed by atoms with van der Waals surface area (Å²) < 4.78 is 46.3. The number of rotatable bonds is 3. The molecule has 0 fully saturated rings. The van der Waals surface area contributed by atoms with Crippen LogP contribution in [-0.2, 0) is 11.8 Å². The van der Waals surface area contributed by atoms with E-state index in [9.17, 15) is 18.4 Å². The highest BCUT2D eigenvalue weighted by molar-refractivity contribution is 9.08. The van der Waals surface area contributed by atoms with Crippen molar-refractivity contribution in [3.63, 3.8) is 0 Å². The van der Waals surface area contributed by atoms with Crippen LogP contribution in [0.25, 0.3) is 11.1 Å². The van der Waals surface area contributed by atoms with E-state index in [-0.39, 0.29) is 5.75 Å². The van der Waals surface area contributed by atoms with Crippen molar-refractivity contribution in [3.8, 4) is 28.7 Å². The van der Waals surface area contributed by atoms with E-state index < -0.39 is 6.36 Å². The largest absolute Gasteiger partial charge is 0.573 e. The molecule has 1 aliphatic heterocycles. The Morgan fingerprint density at radius 3 is 2.54 bits per heavy atom. The number of hydrogen-bond donors (Lipinski definition) is 0. The van der Waals surface area contributed by atoms with Gasteiger partial charge in [-0.15, -0.1) is 13.2 Å². The maximum Gasteiger partial charge on any atom is 0.573 e. The number of nitrogens with zero attached hydrogens (tertiary/aromatic N) is 1. The zero-order valence-corrected chi connectivity index (χ0v) is 13.9. The van der Waals surface area contributed by atoms with Crippen LogP contribution >= 0.6 is 15.9 Å². The number of ether oxygens (including phenoxy) is 2. The highest BCUT2D eigenvalue weighted by Crippen LogP contribution is 2.41. The van der Waals surface area contributed by atoms with Crippen LogP contribution in [0, 0.1) is 11.3 Å². The second kappa shape index (κ2) is 6.36. The van der Waals surface area contributed by atoms with Crippen molar-refractivity contribution in [2.24, 2.45) is 0 Å². The smallest absolute Gasteiger partial charge is 0.492 e. The number of alkyl halides is 4. The van der Waals surface area contributed by atoms with Crippen molar-refractivity contribution in [1.29, 1.82) is 5.26 Å². The molecule has 24 heavy (non-hydrogen) atoms. The quantitative estimate of drug-likeness (QED) is 0.687. The van der Waals surface area contributed by atoms with Crippen molar-refractivity contribution in [3.05, 3.63) is 47.0 Å². The van der Waals surface area contributed by atoms with Crippen LogP contribution < -0.4 is 9.47 Å². The highest BCUT2D eigenvalue weighted by atomic mass is 79.9. The first-order chi connectivity index (χ1) is 11.4. The van der Waals surface area contributed by atoms with E-state index in [2.05, 4.69) is 26.7 Å². The molecule has 3 nitrogen and oxygen atoms in total. The van der Waals surface area contributed by atoms with Gasteiger partial charge in [-0.25, -0.2) is 0 Å². The molecule has 0 saturated heterocycles. The van der Waals surface area contributed by atoms with E-state index >= 15 is 0 Å². The summed E-state index contributed by atoms with van der Waals surface area (Å²) in [4.78, 5) is 0. The molecule has 3 rings (SSSR count). The van der Waals surface area contributed by atoms with Gasteiger partial charge in [-0.3, -0.25) is 0 Å². The van der Waals surface area contributed by atoms with Crippen LogP contribution in [0.2, 0.25) is 0 Å². The van der Waals surface area contributed by atoms with Gasteiger partial charge in [0.25, 0.3) is 0 Å². The average Bonchev–Trinajstić information content (AvgIpc) is 3.02. The van der Waals surface area contributed by atoms with E-state index in [1.807, 2.05) is 6.07 Å². The second-order valence-corrected chi connectivity index (χ2v) is 5.74. The third kappa shape index (κ3) is 3.20. The molecule has 0 unspecified atom stereocenters. The lowest BCUT2D eigenvalue weighted by molar-refractivity contribution is -0.274. The Morgan fingerprint density at radius 1 is 1.25 bits per heavy atom. The van der Waals surface area contributed by atoms with Gasteiger partial charge in [-0.1, -0.05) is 28.1 Å². The minimum atomic E-state index is -4.72. The Kier molecular flexibility index (Phi) is 4.41. The van der Waals surface area contributed by atoms with E-state index in [0.29, 0.717) is 35.2 Å². The fourth-order valence-electron chi connectivity index (χ4n) is 2.74. The molecule has 0 amide bonds. The van der Waals surface area contributed by atoms with E-state index in [4.69, 9.17) is 4.74 Å². The van der Waals surface area contributed by atoms with E-state index in [1.54, 1.807) is 12.1 Å². The van der Waals surface area contributed by atoms with Crippen LogP contribution in [0.4, 0.5) is 13.2 Å². The van der Waals surface area contributed by atoms with Crippen molar-refractivity contribution in [2.45, 2.75) is 18.1 Å². The molecule has 1 heterocycles. The fourth-order valence-corrected chi connectivity index (χ4v) is 3.18. The maximum absolute atomic E-state index is 12.2. The number of hydrogen-bond acceptors (Lipinski definition) is 3. The molecule has 2 aromatic carbocycles. The summed E-state index contributed by atoms with van der Waals surface area (Å²) in [5.41, 5.74) is 3.73. The predicted octanol–water partition coefficient (Wildman–Crippen LogP) is 4.95. The summed E-state index contributed by atoms with van der Waals surface area (Å²) in [6, 6.07) is 9.64. The Labute approximate surface area is 144 Å². The SMILES string of the molecule is N#Cc1c(CBr)cc(-c2ccc(OC(F)(F)F)cc2)c2c1CCO2. The topological polar surface area (TPSA) is 42.2 Å². The molecular weight excluding hydrogens is 387 g/mol. The molecule has 0 bridgehead atoms. The van der Waals surface area contributed by atoms with Gasteiger partial charge in [0.2, 0.25) is 0 Å². The first-order valence-electron chi connectivity index (χ1n) is 7.06. The normalized spacial score (nSPS) is 13.1. The fraction of sp³-hybridized carbons (Fsp3) is 0.235. The average molecular weight is 398 g/mol. The molecule has 1 aliphatic rings. The van der Waals surface area contributed by atoms with Crippen LogP contribution in [0.3, 0.4) is 0 Å². The summed E-state index contributed by atoms with van der Waals surface area (Å²) >= 11 is 3.37. The van der Waals surface area contributed by atoms with E-state index in [1.165, 1.54) is 12.1 Å². The first kappa shape index (κ1) is 16.7. The minimum Gasteiger partial charge on any atom is -0.492 e. The number of halogens is 4. The van der Waals surface area contributed by atoms with Gasteiger partial charge < -0.3 is 9.47 Å². The van der Waals surface area contributed by atoms with Crippen molar-refractivity contribution in [1.82, 2.24) is 0 Å². The number of nitriles is 1. The predicted molar refractivity (Wildman–Crippen MR) is 85.1 cm³/mol. The lowest BCUT2D eigenvalue weighted by Crippen LogP contribution is -2.16. The summed E-state index contributed by atoms with van der Waals surface area (Å²) in [6.07, 6.45) is -4.08. The Bertz CT molecular complexity index is 811. The minimum absolute atomic E-state index is 0.279. The first-order valence-corrected chi connectivity index (χ1v) is 8.19. The van der Waals surface area contributed by atoms with Crippen LogP contribution in [0.15, 0.2) is 30.3 Å². The van der Waals surface area contributed by atoms with Gasteiger partial charge in [-0.05, 0) is 29.3 Å². The third-order valence-corrected chi connectivity index (χ3v) is 4.32. The Morgan fingerprint density at radius 2 is 1.96 bits per heavy atom. The molecule has 0 aromatic heterocycles. The Hall–Kier alpha value is -2.20. The molecule has 0 aliphatic carbocycles. The van der Waals surface area contributed by atoms with Gasteiger partial charge >= 0.3 is 6.36 Å². The zero-order chi connectivity index (χ0) is 17.3. The lowest BCUT2D eigenvalue weighted by Gasteiger charge is -2.14. The van der Waals surface area contributed by atoms with Gasteiger partial charge in [-0.2, -0.15) is 5.26 Å². The van der Waals surface area contributed by atoms with Gasteiger partial charge in [0.15, 0.2) is 0 Å². The summed E-state index contributed by atoms with van der Waals surface area (Å²) in [6.45, 7) is 0.484. The van der Waals surface area contributed by atoms with Crippen LogP contribution in [-0.4, -0.2) is 13.0 Å². The molecular formula is C17H11BrF3NO2. The van der Waals surface area contributed by atoms with Crippen molar-refractivity contribution >= 4 is 15.9 Å². The van der Waals surface area contributed by atoms with E-state index in [0.717, 1.165) is 16.7 Å². The molecule has 0 spiro atoms. The number of benzene rings is 2. The lowest BCUT2D eigenvalue weighted by atomic mass is 9.93. The molecule has 0 atom stereocenters. The monoisotopic (exact) mass is 397 g/mol. The van der Waals surface area contributed by atoms with Crippen molar-refractivity contribution in [2.75, 3.05) is 6.61 Å². The summed E-state index contributed by atoms with van der Waals surface area (Å²) in [5, 5.41) is 9.88.